The number of hydrogen-bond donors (Lipinski definition) is 2. The van der Waals surface area contributed by atoms with Gasteiger partial charge in [0.05, 0.1) is 18.1 Å². The Morgan fingerprint density at radius 2 is 2.16 bits per heavy atom. The Morgan fingerprint density at radius 1 is 1.53 bits per heavy atom. The molecule has 0 heterocycles. The van der Waals surface area contributed by atoms with E-state index in [2.05, 4.69) is 10.3 Å². The summed E-state index contributed by atoms with van der Waals surface area (Å²) in [5.41, 5.74) is 6.62. The van der Waals surface area contributed by atoms with Crippen molar-refractivity contribution in [2.75, 3.05) is 13.7 Å². The number of ether oxygens (including phenoxy) is 1. The van der Waals surface area contributed by atoms with Crippen LogP contribution in [0, 0.1) is 10.1 Å². The van der Waals surface area contributed by atoms with E-state index in [9.17, 15) is 10.1 Å². The summed E-state index contributed by atoms with van der Waals surface area (Å²) in [5, 5.41) is 13.5. The highest BCUT2D eigenvalue weighted by atomic mass is 16.6. The van der Waals surface area contributed by atoms with Crippen LogP contribution >= 0.6 is 0 Å². The van der Waals surface area contributed by atoms with Crippen LogP contribution in [0.15, 0.2) is 29.3 Å². The van der Waals surface area contributed by atoms with Crippen molar-refractivity contribution in [3.8, 4) is 0 Å². The number of nitro groups is 1. The van der Waals surface area contributed by atoms with Gasteiger partial charge in [-0.05, 0) is 12.5 Å². The first-order chi connectivity index (χ1) is 9.02. The molecule has 0 aromatic heterocycles. The van der Waals surface area contributed by atoms with Crippen molar-refractivity contribution >= 4 is 11.6 Å². The van der Waals surface area contributed by atoms with Crippen LogP contribution in [-0.2, 0) is 11.3 Å². The number of nitro benzene ring substituents is 1. The SMILES string of the molecule is COCC(C)NC(N)=NCc1ccc([N+](=O)[O-])cc1. The first kappa shape index (κ1) is 14.9. The van der Waals surface area contributed by atoms with Gasteiger partial charge < -0.3 is 15.8 Å². The smallest absolute Gasteiger partial charge is 0.269 e. The molecular weight excluding hydrogens is 248 g/mol. The number of non-ortho nitro benzene ring substituents is 1. The fraction of sp³-hybridized carbons (Fsp3) is 0.417. The molecule has 0 radical (unpaired) electrons. The van der Waals surface area contributed by atoms with Gasteiger partial charge in [-0.2, -0.15) is 0 Å². The van der Waals surface area contributed by atoms with Crippen molar-refractivity contribution in [2.24, 2.45) is 10.7 Å². The third kappa shape index (κ3) is 5.35. The van der Waals surface area contributed by atoms with Crippen molar-refractivity contribution in [3.05, 3.63) is 39.9 Å². The van der Waals surface area contributed by atoms with E-state index in [-0.39, 0.29) is 11.7 Å². The summed E-state index contributed by atoms with van der Waals surface area (Å²) < 4.78 is 4.97. The van der Waals surface area contributed by atoms with Gasteiger partial charge in [-0.1, -0.05) is 12.1 Å². The minimum atomic E-state index is -0.435. The van der Waals surface area contributed by atoms with Crippen LogP contribution in [0.5, 0.6) is 0 Å². The number of nitrogens with zero attached hydrogens (tertiary/aromatic N) is 2. The summed E-state index contributed by atoms with van der Waals surface area (Å²) in [6.45, 7) is 2.84. The van der Waals surface area contributed by atoms with E-state index in [1.165, 1.54) is 12.1 Å². The van der Waals surface area contributed by atoms with Crippen LogP contribution in [0.25, 0.3) is 0 Å². The molecule has 104 valence electrons. The molecule has 0 bridgehead atoms. The predicted molar refractivity (Wildman–Crippen MR) is 72.9 cm³/mol. The van der Waals surface area contributed by atoms with Gasteiger partial charge in [-0.25, -0.2) is 4.99 Å². The molecule has 1 rings (SSSR count). The lowest BCUT2D eigenvalue weighted by Gasteiger charge is -2.12. The molecule has 3 N–H and O–H groups in total. The molecule has 1 atom stereocenters. The molecule has 7 nitrogen and oxygen atoms in total. The standard InChI is InChI=1S/C12H18N4O3/c1-9(8-19-2)15-12(13)14-7-10-3-5-11(6-4-10)16(17)18/h3-6,9H,7-8H2,1-2H3,(H3,13,14,15). The number of nitrogens with two attached hydrogens (primary N) is 1. The average Bonchev–Trinajstić information content (AvgIpc) is 2.37. The largest absolute Gasteiger partial charge is 0.383 e. The summed E-state index contributed by atoms with van der Waals surface area (Å²) in [7, 11) is 1.61. The average molecular weight is 266 g/mol. The molecule has 0 aliphatic rings. The highest BCUT2D eigenvalue weighted by Crippen LogP contribution is 2.12. The Labute approximate surface area is 111 Å². The van der Waals surface area contributed by atoms with Crippen LogP contribution in [-0.4, -0.2) is 30.6 Å². The zero-order valence-electron chi connectivity index (χ0n) is 11.0. The molecule has 0 saturated heterocycles. The molecule has 0 amide bonds. The molecule has 0 aliphatic carbocycles. The second-order valence-corrected chi connectivity index (χ2v) is 4.13. The monoisotopic (exact) mass is 266 g/mol. The minimum Gasteiger partial charge on any atom is -0.383 e. The Kier molecular flexibility index (Phi) is 5.74. The van der Waals surface area contributed by atoms with Crippen LogP contribution in [0.2, 0.25) is 0 Å². The molecule has 1 aromatic rings. The maximum absolute atomic E-state index is 10.5. The summed E-state index contributed by atoms with van der Waals surface area (Å²) in [4.78, 5) is 14.2. The van der Waals surface area contributed by atoms with Gasteiger partial charge in [-0.3, -0.25) is 10.1 Å². The molecule has 0 spiro atoms. The van der Waals surface area contributed by atoms with E-state index in [0.717, 1.165) is 5.56 Å². The number of guanidine groups is 1. The van der Waals surface area contributed by atoms with Gasteiger partial charge in [0.1, 0.15) is 0 Å². The Morgan fingerprint density at radius 3 is 2.68 bits per heavy atom. The number of rotatable bonds is 6. The second kappa shape index (κ2) is 7.32. The first-order valence-corrected chi connectivity index (χ1v) is 5.81. The van der Waals surface area contributed by atoms with E-state index >= 15 is 0 Å². The fourth-order valence-electron chi connectivity index (χ4n) is 1.49. The number of aliphatic imine (C=N–C) groups is 1. The van der Waals surface area contributed by atoms with Gasteiger partial charge in [0, 0.05) is 25.3 Å². The van der Waals surface area contributed by atoms with Crippen molar-refractivity contribution < 1.29 is 9.66 Å². The van der Waals surface area contributed by atoms with Crippen LogP contribution in [0.4, 0.5) is 5.69 Å². The molecule has 7 heteroatoms. The highest BCUT2D eigenvalue weighted by Gasteiger charge is 2.04. The van der Waals surface area contributed by atoms with Crippen molar-refractivity contribution in [1.82, 2.24) is 5.32 Å². The maximum Gasteiger partial charge on any atom is 0.269 e. The van der Waals surface area contributed by atoms with Gasteiger partial charge in [0.25, 0.3) is 5.69 Å². The molecule has 0 fully saturated rings. The first-order valence-electron chi connectivity index (χ1n) is 5.81. The zero-order valence-corrected chi connectivity index (χ0v) is 11.0. The third-order valence-corrected chi connectivity index (χ3v) is 2.39. The molecular formula is C12H18N4O3. The lowest BCUT2D eigenvalue weighted by atomic mass is 10.2. The summed E-state index contributed by atoms with van der Waals surface area (Å²) in [6, 6.07) is 6.29. The summed E-state index contributed by atoms with van der Waals surface area (Å²) in [5.74, 6) is 0.322. The van der Waals surface area contributed by atoms with Crippen LogP contribution in [0.3, 0.4) is 0 Å². The Bertz CT molecular complexity index is 445. The highest BCUT2D eigenvalue weighted by molar-refractivity contribution is 5.78. The number of hydrogen-bond acceptors (Lipinski definition) is 4. The Balaban J connectivity index is 2.52. The zero-order chi connectivity index (χ0) is 14.3. The van der Waals surface area contributed by atoms with E-state index in [4.69, 9.17) is 10.5 Å². The van der Waals surface area contributed by atoms with E-state index in [1.54, 1.807) is 19.2 Å². The van der Waals surface area contributed by atoms with Crippen molar-refractivity contribution in [3.63, 3.8) is 0 Å². The van der Waals surface area contributed by atoms with Gasteiger partial charge in [0.2, 0.25) is 0 Å². The van der Waals surface area contributed by atoms with Crippen molar-refractivity contribution in [2.45, 2.75) is 19.5 Å². The fourth-order valence-corrected chi connectivity index (χ4v) is 1.49. The second-order valence-electron chi connectivity index (χ2n) is 4.13. The molecule has 1 unspecified atom stereocenters. The van der Waals surface area contributed by atoms with Crippen LogP contribution in [0.1, 0.15) is 12.5 Å². The normalized spacial score (nSPS) is 13.1. The maximum atomic E-state index is 10.5. The van der Waals surface area contributed by atoms with Gasteiger partial charge in [-0.15, -0.1) is 0 Å². The van der Waals surface area contributed by atoms with E-state index in [0.29, 0.717) is 19.1 Å². The van der Waals surface area contributed by atoms with Gasteiger partial charge in [0.15, 0.2) is 5.96 Å². The van der Waals surface area contributed by atoms with Crippen LogP contribution < -0.4 is 11.1 Å². The topological polar surface area (TPSA) is 103 Å². The minimum absolute atomic E-state index is 0.0625. The predicted octanol–water partition coefficient (Wildman–Crippen LogP) is 1.03. The van der Waals surface area contributed by atoms with Gasteiger partial charge >= 0.3 is 0 Å². The van der Waals surface area contributed by atoms with Crippen molar-refractivity contribution in [1.29, 1.82) is 0 Å². The quantitative estimate of drug-likeness (QED) is 0.346. The lowest BCUT2D eigenvalue weighted by Crippen LogP contribution is -2.40. The Hall–Kier alpha value is -2.15. The number of nitrogens with one attached hydrogen (secondary N) is 1. The van der Waals surface area contributed by atoms with E-state index in [1.807, 2.05) is 6.92 Å². The lowest BCUT2D eigenvalue weighted by molar-refractivity contribution is -0.384. The number of methoxy groups -OCH3 is 1. The third-order valence-electron chi connectivity index (χ3n) is 2.39. The van der Waals surface area contributed by atoms with E-state index < -0.39 is 4.92 Å². The summed E-state index contributed by atoms with van der Waals surface area (Å²) >= 11 is 0. The number of benzene rings is 1. The molecule has 0 aliphatic heterocycles. The molecule has 1 aromatic carbocycles. The molecule has 0 saturated carbocycles. The summed E-state index contributed by atoms with van der Waals surface area (Å²) in [6.07, 6.45) is 0. The molecule has 19 heavy (non-hydrogen) atoms.